The third kappa shape index (κ3) is 2.65. The van der Waals surface area contributed by atoms with E-state index in [0.29, 0.717) is 6.04 Å². The van der Waals surface area contributed by atoms with Crippen molar-refractivity contribution in [2.75, 3.05) is 13.1 Å². The zero-order chi connectivity index (χ0) is 11.5. The molecule has 0 aliphatic carbocycles. The van der Waals surface area contributed by atoms with Crippen LogP contribution in [0.2, 0.25) is 0 Å². The fourth-order valence-electron chi connectivity index (χ4n) is 2.56. The molecule has 2 nitrogen and oxygen atoms in total. The van der Waals surface area contributed by atoms with Crippen molar-refractivity contribution in [3.05, 3.63) is 34.3 Å². The summed E-state index contributed by atoms with van der Waals surface area (Å²) in [6, 6.07) is 9.05. The van der Waals surface area contributed by atoms with E-state index in [4.69, 9.17) is 5.73 Å². The second-order valence-corrected chi connectivity index (χ2v) is 5.52. The van der Waals surface area contributed by atoms with Gasteiger partial charge in [-0.05, 0) is 50.6 Å². The number of nitrogens with two attached hydrogens (primary N) is 1. The maximum absolute atomic E-state index is 6.14. The lowest BCUT2D eigenvalue weighted by Crippen LogP contribution is -2.37. The normalized spacial score (nSPS) is 20.9. The highest BCUT2D eigenvalue weighted by Gasteiger charge is 2.26. The van der Waals surface area contributed by atoms with Crippen LogP contribution in [0.4, 0.5) is 0 Å². The molecular weight excluding hydrogens is 264 g/mol. The first-order valence-electron chi connectivity index (χ1n) is 5.93. The standard InChI is InChI=1S/C13H19BrN2/c1-10(15)13(16-7-2-3-8-16)11-5-4-6-12(14)9-11/h4-6,9-10,13H,2-3,7-8,15H2,1H3. The van der Waals surface area contributed by atoms with Crippen LogP contribution >= 0.6 is 15.9 Å². The van der Waals surface area contributed by atoms with E-state index in [1.807, 2.05) is 0 Å². The molecule has 0 spiro atoms. The number of nitrogens with zero attached hydrogens (tertiary/aromatic N) is 1. The Balaban J connectivity index is 2.24. The van der Waals surface area contributed by atoms with Gasteiger partial charge in [0.05, 0.1) is 0 Å². The lowest BCUT2D eigenvalue weighted by molar-refractivity contribution is 0.219. The molecule has 0 saturated carbocycles. The maximum Gasteiger partial charge on any atom is 0.0496 e. The molecule has 2 unspecified atom stereocenters. The van der Waals surface area contributed by atoms with Crippen LogP contribution in [0.5, 0.6) is 0 Å². The molecule has 2 rings (SSSR count). The van der Waals surface area contributed by atoms with E-state index in [9.17, 15) is 0 Å². The Hall–Kier alpha value is -0.380. The van der Waals surface area contributed by atoms with Crippen LogP contribution in [0.3, 0.4) is 0 Å². The number of rotatable bonds is 3. The first-order valence-corrected chi connectivity index (χ1v) is 6.73. The number of hydrogen-bond donors (Lipinski definition) is 1. The molecule has 2 atom stereocenters. The molecule has 88 valence electrons. The van der Waals surface area contributed by atoms with Crippen molar-refractivity contribution in [2.45, 2.75) is 31.8 Å². The smallest absolute Gasteiger partial charge is 0.0496 e. The fourth-order valence-corrected chi connectivity index (χ4v) is 2.97. The van der Waals surface area contributed by atoms with Crippen LogP contribution in [0, 0.1) is 0 Å². The fraction of sp³-hybridized carbons (Fsp3) is 0.538. The monoisotopic (exact) mass is 282 g/mol. The molecule has 1 saturated heterocycles. The van der Waals surface area contributed by atoms with E-state index in [1.54, 1.807) is 0 Å². The van der Waals surface area contributed by atoms with Crippen molar-refractivity contribution in [2.24, 2.45) is 5.73 Å². The lowest BCUT2D eigenvalue weighted by Gasteiger charge is -2.31. The summed E-state index contributed by atoms with van der Waals surface area (Å²) >= 11 is 3.53. The second kappa shape index (κ2) is 5.30. The van der Waals surface area contributed by atoms with Crippen molar-refractivity contribution >= 4 is 15.9 Å². The van der Waals surface area contributed by atoms with Crippen LogP contribution in [0.15, 0.2) is 28.7 Å². The average Bonchev–Trinajstić information content (AvgIpc) is 2.71. The third-order valence-electron chi connectivity index (χ3n) is 3.22. The summed E-state index contributed by atoms with van der Waals surface area (Å²) in [6.45, 7) is 4.46. The summed E-state index contributed by atoms with van der Waals surface area (Å²) in [5.41, 5.74) is 7.47. The number of benzene rings is 1. The molecule has 0 amide bonds. The van der Waals surface area contributed by atoms with Gasteiger partial charge in [-0.15, -0.1) is 0 Å². The van der Waals surface area contributed by atoms with Crippen molar-refractivity contribution in [1.29, 1.82) is 0 Å². The molecule has 1 aromatic rings. The first-order chi connectivity index (χ1) is 7.68. The van der Waals surface area contributed by atoms with Gasteiger partial charge in [-0.1, -0.05) is 28.1 Å². The van der Waals surface area contributed by atoms with Gasteiger partial charge in [-0.25, -0.2) is 0 Å². The van der Waals surface area contributed by atoms with E-state index >= 15 is 0 Å². The Bertz CT molecular complexity index is 346. The van der Waals surface area contributed by atoms with Crippen molar-refractivity contribution in [1.82, 2.24) is 4.90 Å². The van der Waals surface area contributed by atoms with E-state index in [1.165, 1.54) is 31.5 Å². The van der Waals surface area contributed by atoms with E-state index < -0.39 is 0 Å². The summed E-state index contributed by atoms with van der Waals surface area (Å²) in [5, 5.41) is 0. The summed E-state index contributed by atoms with van der Waals surface area (Å²) in [6.07, 6.45) is 2.61. The molecule has 2 N–H and O–H groups in total. The number of hydrogen-bond acceptors (Lipinski definition) is 2. The van der Waals surface area contributed by atoms with E-state index in [2.05, 4.69) is 52.0 Å². The Kier molecular flexibility index (Phi) is 4.00. The van der Waals surface area contributed by atoms with Gasteiger partial charge in [0, 0.05) is 16.6 Å². The summed E-state index contributed by atoms with van der Waals surface area (Å²) in [5.74, 6) is 0. The van der Waals surface area contributed by atoms with Crippen LogP contribution in [-0.4, -0.2) is 24.0 Å². The highest BCUT2D eigenvalue weighted by molar-refractivity contribution is 9.10. The molecule has 16 heavy (non-hydrogen) atoms. The van der Waals surface area contributed by atoms with Gasteiger partial charge in [0.1, 0.15) is 0 Å². The number of likely N-dealkylation sites (tertiary alicyclic amines) is 1. The molecule has 1 aliphatic rings. The van der Waals surface area contributed by atoms with Crippen LogP contribution in [0.25, 0.3) is 0 Å². The molecule has 0 aromatic heterocycles. The van der Waals surface area contributed by atoms with Crippen LogP contribution in [0.1, 0.15) is 31.4 Å². The zero-order valence-electron chi connectivity index (χ0n) is 9.70. The largest absolute Gasteiger partial charge is 0.326 e. The van der Waals surface area contributed by atoms with Gasteiger partial charge in [-0.2, -0.15) is 0 Å². The van der Waals surface area contributed by atoms with Gasteiger partial charge >= 0.3 is 0 Å². The first kappa shape index (κ1) is 12.1. The zero-order valence-corrected chi connectivity index (χ0v) is 11.3. The molecule has 0 radical (unpaired) electrons. The third-order valence-corrected chi connectivity index (χ3v) is 3.72. The Labute approximate surface area is 106 Å². The average molecular weight is 283 g/mol. The SMILES string of the molecule is CC(N)C(c1cccc(Br)c1)N1CCCC1. The van der Waals surface area contributed by atoms with Crippen LogP contribution < -0.4 is 5.73 Å². The van der Waals surface area contributed by atoms with Gasteiger partial charge in [-0.3, -0.25) is 4.90 Å². The summed E-state index contributed by atoms with van der Waals surface area (Å²) in [7, 11) is 0. The second-order valence-electron chi connectivity index (χ2n) is 4.60. The van der Waals surface area contributed by atoms with Gasteiger partial charge in [0.25, 0.3) is 0 Å². The predicted octanol–water partition coefficient (Wildman–Crippen LogP) is 2.93. The highest BCUT2D eigenvalue weighted by Crippen LogP contribution is 2.28. The molecule has 1 aromatic carbocycles. The van der Waals surface area contributed by atoms with Crippen molar-refractivity contribution < 1.29 is 0 Å². The van der Waals surface area contributed by atoms with Crippen LogP contribution in [-0.2, 0) is 0 Å². The highest BCUT2D eigenvalue weighted by atomic mass is 79.9. The van der Waals surface area contributed by atoms with E-state index in [0.717, 1.165) is 4.47 Å². The van der Waals surface area contributed by atoms with Crippen molar-refractivity contribution in [3.8, 4) is 0 Å². The Morgan fingerprint density at radius 1 is 1.31 bits per heavy atom. The molecule has 1 fully saturated rings. The predicted molar refractivity (Wildman–Crippen MR) is 71.3 cm³/mol. The summed E-state index contributed by atoms with van der Waals surface area (Å²) < 4.78 is 1.13. The molecule has 0 bridgehead atoms. The Morgan fingerprint density at radius 3 is 2.56 bits per heavy atom. The van der Waals surface area contributed by atoms with Gasteiger partial charge < -0.3 is 5.73 Å². The lowest BCUT2D eigenvalue weighted by atomic mass is 10.00. The topological polar surface area (TPSA) is 29.3 Å². The maximum atomic E-state index is 6.14. The summed E-state index contributed by atoms with van der Waals surface area (Å²) in [4.78, 5) is 2.51. The Morgan fingerprint density at radius 2 is 2.00 bits per heavy atom. The molecule has 1 heterocycles. The minimum atomic E-state index is 0.174. The van der Waals surface area contributed by atoms with E-state index in [-0.39, 0.29) is 6.04 Å². The molecule has 1 aliphatic heterocycles. The quantitative estimate of drug-likeness (QED) is 0.924. The molecular formula is C13H19BrN2. The van der Waals surface area contributed by atoms with Gasteiger partial charge in [0.15, 0.2) is 0 Å². The minimum absolute atomic E-state index is 0.174. The van der Waals surface area contributed by atoms with Gasteiger partial charge in [0.2, 0.25) is 0 Å². The molecule has 3 heteroatoms. The minimum Gasteiger partial charge on any atom is -0.326 e. The van der Waals surface area contributed by atoms with Crippen molar-refractivity contribution in [3.63, 3.8) is 0 Å². The number of halogens is 1.